The van der Waals surface area contributed by atoms with Gasteiger partial charge in [0, 0.05) is 11.0 Å². The molecule has 2 amide bonds. The van der Waals surface area contributed by atoms with E-state index in [-0.39, 0.29) is 12.2 Å². The normalized spacial score (nSPS) is 11.6. The zero-order valence-corrected chi connectivity index (χ0v) is 16.4. The molecule has 2 aromatic heterocycles. The number of benzene rings is 1. The number of furan rings is 1. The summed E-state index contributed by atoms with van der Waals surface area (Å²) in [4.78, 5) is 27.1. The van der Waals surface area contributed by atoms with Crippen molar-refractivity contribution >= 4 is 34.9 Å². The van der Waals surface area contributed by atoms with Crippen LogP contribution in [-0.4, -0.2) is 23.3 Å². The van der Waals surface area contributed by atoms with E-state index in [1.165, 1.54) is 40.7 Å². The highest BCUT2D eigenvalue weighted by Gasteiger charge is 2.33. The number of alkyl halides is 3. The van der Waals surface area contributed by atoms with Crippen LogP contribution < -0.4 is 5.32 Å². The number of nitrogens with zero attached hydrogens (tertiary/aromatic N) is 1. The van der Waals surface area contributed by atoms with Gasteiger partial charge in [-0.2, -0.15) is 13.2 Å². The van der Waals surface area contributed by atoms with Gasteiger partial charge in [-0.25, -0.2) is 0 Å². The lowest BCUT2D eigenvalue weighted by Gasteiger charge is -2.20. The van der Waals surface area contributed by atoms with Crippen LogP contribution in [0, 0.1) is 0 Å². The molecule has 0 aliphatic heterocycles. The summed E-state index contributed by atoms with van der Waals surface area (Å²) >= 11 is 1.44. The second kappa shape index (κ2) is 9.45. The largest absolute Gasteiger partial charge is 0.467 e. The van der Waals surface area contributed by atoms with Gasteiger partial charge in [-0.05, 0) is 41.8 Å². The van der Waals surface area contributed by atoms with E-state index in [4.69, 9.17) is 4.42 Å². The maximum absolute atomic E-state index is 13.1. The van der Waals surface area contributed by atoms with E-state index in [1.54, 1.807) is 18.2 Å². The van der Waals surface area contributed by atoms with Gasteiger partial charge in [0.15, 0.2) is 0 Å². The average Bonchev–Trinajstić information content (AvgIpc) is 3.39. The third-order valence-corrected chi connectivity index (χ3v) is 4.85. The van der Waals surface area contributed by atoms with Crippen molar-refractivity contribution in [3.8, 4) is 0 Å². The lowest BCUT2D eigenvalue weighted by molar-refractivity contribution is -0.137. The molecule has 0 radical (unpaired) electrons. The van der Waals surface area contributed by atoms with E-state index in [0.29, 0.717) is 5.76 Å². The third-order valence-electron chi connectivity index (χ3n) is 4.01. The number of thiophene rings is 1. The van der Waals surface area contributed by atoms with Gasteiger partial charge in [-0.1, -0.05) is 18.2 Å². The van der Waals surface area contributed by atoms with E-state index < -0.39 is 30.1 Å². The molecule has 0 unspecified atom stereocenters. The van der Waals surface area contributed by atoms with Crippen LogP contribution in [0.5, 0.6) is 0 Å². The molecule has 9 heteroatoms. The summed E-state index contributed by atoms with van der Waals surface area (Å²) in [5.74, 6) is -0.786. The molecule has 0 aliphatic carbocycles. The first-order valence-electron chi connectivity index (χ1n) is 8.82. The molecule has 0 bridgehead atoms. The highest BCUT2D eigenvalue weighted by molar-refractivity contribution is 7.10. The van der Waals surface area contributed by atoms with Crippen LogP contribution in [0.15, 0.2) is 70.7 Å². The second-order valence-corrected chi connectivity index (χ2v) is 7.19. The number of hydrogen-bond donors (Lipinski definition) is 1. The summed E-state index contributed by atoms with van der Waals surface area (Å²) in [5.41, 5.74) is -1.32. The van der Waals surface area contributed by atoms with Crippen molar-refractivity contribution in [2.75, 3.05) is 11.9 Å². The minimum Gasteiger partial charge on any atom is -0.467 e. The minimum absolute atomic E-state index is 0.00501. The molecule has 0 saturated carbocycles. The molecule has 1 N–H and O–H groups in total. The van der Waals surface area contributed by atoms with Crippen molar-refractivity contribution in [1.29, 1.82) is 0 Å². The van der Waals surface area contributed by atoms with Gasteiger partial charge in [0.25, 0.3) is 0 Å². The number of anilines is 1. The maximum atomic E-state index is 13.1. The summed E-state index contributed by atoms with van der Waals surface area (Å²) in [6.07, 6.45) is -0.263. The van der Waals surface area contributed by atoms with Gasteiger partial charge in [0.2, 0.25) is 11.8 Å². The van der Waals surface area contributed by atoms with Gasteiger partial charge in [0.1, 0.15) is 12.3 Å². The van der Waals surface area contributed by atoms with Crippen molar-refractivity contribution in [2.24, 2.45) is 0 Å². The molecule has 3 rings (SSSR count). The summed E-state index contributed by atoms with van der Waals surface area (Å²) in [6, 6.07) is 11.6. The van der Waals surface area contributed by atoms with Gasteiger partial charge < -0.3 is 14.6 Å². The third kappa shape index (κ3) is 5.84. The average molecular weight is 434 g/mol. The van der Waals surface area contributed by atoms with Crippen LogP contribution in [0.2, 0.25) is 0 Å². The molecule has 3 aromatic rings. The number of nitrogens with one attached hydrogen (secondary N) is 1. The molecular formula is C21H17F3N2O3S. The Hall–Kier alpha value is -3.33. The zero-order chi connectivity index (χ0) is 21.6. The SMILES string of the molecule is O=C(CN(Cc1ccco1)C(=O)/C=C/c1cccs1)Nc1ccccc1C(F)(F)F. The molecule has 0 spiro atoms. The maximum Gasteiger partial charge on any atom is 0.418 e. The van der Waals surface area contributed by atoms with Crippen LogP contribution in [0.4, 0.5) is 18.9 Å². The molecule has 156 valence electrons. The standard InChI is InChI=1S/C21H17F3N2O3S/c22-21(23,24)17-7-1-2-8-18(17)25-19(27)14-26(13-15-5-3-11-29-15)20(28)10-9-16-6-4-12-30-16/h1-12H,13-14H2,(H,25,27)/b10-9+. The minimum atomic E-state index is -4.61. The molecular weight excluding hydrogens is 417 g/mol. The fourth-order valence-electron chi connectivity index (χ4n) is 2.65. The predicted molar refractivity (Wildman–Crippen MR) is 108 cm³/mol. The summed E-state index contributed by atoms with van der Waals surface area (Å²) in [7, 11) is 0. The Morgan fingerprint density at radius 2 is 1.90 bits per heavy atom. The molecule has 5 nitrogen and oxygen atoms in total. The van der Waals surface area contributed by atoms with Crippen LogP contribution in [0.3, 0.4) is 0 Å². The number of carbonyl (C=O) groups excluding carboxylic acids is 2. The second-order valence-electron chi connectivity index (χ2n) is 6.21. The van der Waals surface area contributed by atoms with Crippen LogP contribution in [-0.2, 0) is 22.3 Å². The molecule has 0 fully saturated rings. The highest BCUT2D eigenvalue weighted by atomic mass is 32.1. The lowest BCUT2D eigenvalue weighted by Crippen LogP contribution is -2.36. The number of hydrogen-bond acceptors (Lipinski definition) is 4. The first-order valence-corrected chi connectivity index (χ1v) is 9.70. The van der Waals surface area contributed by atoms with E-state index in [1.807, 2.05) is 17.5 Å². The Balaban J connectivity index is 1.74. The van der Waals surface area contributed by atoms with Crippen LogP contribution >= 0.6 is 11.3 Å². The lowest BCUT2D eigenvalue weighted by atomic mass is 10.1. The predicted octanol–water partition coefficient (Wildman–Crippen LogP) is 5.04. The quantitative estimate of drug-likeness (QED) is 0.530. The number of amides is 2. The van der Waals surface area contributed by atoms with Crippen molar-refractivity contribution in [3.63, 3.8) is 0 Å². The number of halogens is 3. The van der Waals surface area contributed by atoms with Gasteiger partial charge in [0.05, 0.1) is 24.1 Å². The number of rotatable bonds is 7. The Morgan fingerprint density at radius 3 is 2.57 bits per heavy atom. The molecule has 0 saturated heterocycles. The van der Waals surface area contributed by atoms with E-state index in [0.717, 1.165) is 17.0 Å². The zero-order valence-electron chi connectivity index (χ0n) is 15.6. The van der Waals surface area contributed by atoms with Crippen molar-refractivity contribution in [3.05, 3.63) is 82.5 Å². The summed E-state index contributed by atoms with van der Waals surface area (Å²) in [6.45, 7) is -0.449. The Morgan fingerprint density at radius 1 is 1.10 bits per heavy atom. The summed E-state index contributed by atoms with van der Waals surface area (Å²) < 4.78 is 44.7. The topological polar surface area (TPSA) is 62.6 Å². The van der Waals surface area contributed by atoms with Crippen LogP contribution in [0.1, 0.15) is 16.2 Å². The number of carbonyl (C=O) groups is 2. The molecule has 30 heavy (non-hydrogen) atoms. The van der Waals surface area contributed by atoms with E-state index in [2.05, 4.69) is 5.32 Å². The molecule has 0 atom stereocenters. The smallest absolute Gasteiger partial charge is 0.418 e. The Bertz CT molecular complexity index is 1010. The van der Waals surface area contributed by atoms with Gasteiger partial charge >= 0.3 is 6.18 Å². The fraction of sp³-hybridized carbons (Fsp3) is 0.143. The van der Waals surface area contributed by atoms with Crippen molar-refractivity contribution in [2.45, 2.75) is 12.7 Å². The Labute approximate surface area is 174 Å². The monoisotopic (exact) mass is 434 g/mol. The first-order chi connectivity index (χ1) is 14.3. The first kappa shape index (κ1) is 21.4. The molecule has 2 heterocycles. The molecule has 0 aliphatic rings. The van der Waals surface area contributed by atoms with E-state index in [9.17, 15) is 22.8 Å². The molecule has 1 aromatic carbocycles. The van der Waals surface area contributed by atoms with Gasteiger partial charge in [-0.3, -0.25) is 9.59 Å². The number of para-hydroxylation sites is 1. The summed E-state index contributed by atoms with van der Waals surface area (Å²) in [5, 5.41) is 4.10. The van der Waals surface area contributed by atoms with Crippen molar-refractivity contribution < 1.29 is 27.2 Å². The fourth-order valence-corrected chi connectivity index (χ4v) is 3.27. The van der Waals surface area contributed by atoms with Crippen molar-refractivity contribution in [1.82, 2.24) is 4.90 Å². The van der Waals surface area contributed by atoms with Crippen LogP contribution in [0.25, 0.3) is 6.08 Å². The Kier molecular flexibility index (Phi) is 6.73. The van der Waals surface area contributed by atoms with Gasteiger partial charge in [-0.15, -0.1) is 11.3 Å². The van der Waals surface area contributed by atoms with E-state index >= 15 is 0 Å². The highest BCUT2D eigenvalue weighted by Crippen LogP contribution is 2.34.